The maximum Gasteiger partial charge on any atom is 0.195 e. The maximum atomic E-state index is 13.5. The van der Waals surface area contributed by atoms with Crippen LogP contribution in [0.5, 0.6) is 17.2 Å². The Balaban J connectivity index is 0.000000138. The van der Waals surface area contributed by atoms with E-state index in [-0.39, 0.29) is 40.7 Å². The van der Waals surface area contributed by atoms with E-state index in [1.165, 1.54) is 12.4 Å². The summed E-state index contributed by atoms with van der Waals surface area (Å²) in [4.78, 5) is 51.3. The van der Waals surface area contributed by atoms with Gasteiger partial charge in [-0.2, -0.15) is 4.73 Å². The van der Waals surface area contributed by atoms with Crippen molar-refractivity contribution in [2.75, 3.05) is 118 Å². The third-order valence-electron chi connectivity index (χ3n) is 18.0. The van der Waals surface area contributed by atoms with Crippen molar-refractivity contribution in [2.24, 2.45) is 0 Å². The monoisotopic (exact) mass is 1300 g/mol. The number of aromatic nitrogens is 3. The minimum atomic E-state index is -0.322. The summed E-state index contributed by atoms with van der Waals surface area (Å²) in [7, 11) is 0. The number of ketones is 3. The first kappa shape index (κ1) is 66.9. The minimum Gasteiger partial charge on any atom is -0.633 e. The molecule has 0 radical (unpaired) electrons. The van der Waals surface area contributed by atoms with Gasteiger partial charge in [0.15, 0.2) is 29.7 Å². The molecule has 6 aliphatic rings. The fraction of sp³-hybridized carbons (Fsp3) is 0.241. The summed E-state index contributed by atoms with van der Waals surface area (Å²) in [6, 6.07) is 57.5. The number of quaternary nitrogens is 2. The summed E-state index contributed by atoms with van der Waals surface area (Å²) in [6.07, 6.45) is 9.70. The van der Waals surface area contributed by atoms with E-state index in [0.29, 0.717) is 134 Å². The number of morpholine rings is 3. The third kappa shape index (κ3) is 15.3. The molecule has 3 fully saturated rings. The Morgan fingerprint density at radius 2 is 0.773 bits per heavy atom. The van der Waals surface area contributed by atoms with E-state index >= 15 is 0 Å². The van der Waals surface area contributed by atoms with E-state index in [0.717, 1.165) is 99.8 Å². The summed E-state index contributed by atoms with van der Waals surface area (Å²) < 4.78 is 33.8. The van der Waals surface area contributed by atoms with Gasteiger partial charge >= 0.3 is 0 Å². The van der Waals surface area contributed by atoms with Crippen molar-refractivity contribution in [2.45, 2.75) is 7.43 Å². The summed E-state index contributed by atoms with van der Waals surface area (Å²) in [5.41, 5.74) is 14.0. The van der Waals surface area contributed by atoms with Gasteiger partial charge in [0.2, 0.25) is 0 Å². The molecule has 3 saturated heterocycles. The molecule has 0 atom stereocenters. The lowest BCUT2D eigenvalue weighted by atomic mass is 9.95. The van der Waals surface area contributed by atoms with Crippen LogP contribution in [0.2, 0.25) is 0 Å². The quantitative estimate of drug-likeness (QED) is 0.0444. The average molecular weight is 1300 g/mol. The Bertz CT molecular complexity index is 4360. The van der Waals surface area contributed by atoms with Crippen LogP contribution in [0, 0.1) is 15.6 Å². The van der Waals surface area contributed by atoms with Crippen molar-refractivity contribution in [3.05, 3.63) is 302 Å². The van der Waals surface area contributed by atoms with Gasteiger partial charge in [-0.1, -0.05) is 111 Å². The number of Topliss-reactive ketones (excluding diaryl/α,β-unsaturated/α-hetero) is 3. The Morgan fingerprint density at radius 3 is 1.15 bits per heavy atom. The van der Waals surface area contributed by atoms with E-state index < -0.39 is 0 Å². The predicted octanol–water partition coefficient (Wildman–Crippen LogP) is 11.7. The number of pyridine rings is 3. The van der Waals surface area contributed by atoms with Crippen LogP contribution in [0.3, 0.4) is 0 Å². The van der Waals surface area contributed by atoms with Gasteiger partial charge in [0.05, 0.1) is 45.2 Å². The molecule has 494 valence electrons. The number of carbonyl (C=O) groups is 3. The highest BCUT2D eigenvalue weighted by Crippen LogP contribution is 2.46. The standard InChI is InChI=1S/C26H24N2O5.C26H24N2O4.C26H24N2O3.CH4/c29-26-23-17-21(33-16-13-28(31)11-14-32-15-12-28)8-9-22(23)24(19-5-2-1-3-6-19)25(26)20-7-4-10-27(30)18-20;29-26-23-17-21(32-16-13-28(30)11-14-31-15-12-28)8-9-22(23)24(19-5-2-1-3-6-19)25(26)20-7-4-10-27-18-20;29-26-23-17-21(31-16-13-28-11-14-30-15-12-28)8-9-22(23)24(19-5-2-1-3-6-19)25(26)20-7-4-10-27-18-20;/h1-10,17-18H,11-16H2;1-10,17-18H,11-16H2;1-10,17-18H,11-16H2;1H4. The van der Waals surface area contributed by atoms with Crippen molar-refractivity contribution in [3.63, 3.8) is 0 Å². The molecule has 0 amide bonds. The second-order valence-electron chi connectivity index (χ2n) is 24.1. The Morgan fingerprint density at radius 1 is 0.412 bits per heavy atom. The SMILES string of the molecule is C.O=C1C(c2ccc[n+]([O-])c2)=C(c2ccccc2)c2ccc(OCC[N+]3([O-])CCOCC3)cc21.O=C1C(c2cccnc2)=C(c2ccccc2)c2ccc(OCCN3CCOCC3)cc21.O=C1C(c2cccnc2)=C(c2ccccc2)c2ccc(OCC[N+]3([O-])CCOCC3)cc21. The zero-order valence-electron chi connectivity index (χ0n) is 53.1. The van der Waals surface area contributed by atoms with Gasteiger partial charge in [0.1, 0.15) is 76.3 Å². The second-order valence-corrected chi connectivity index (χ2v) is 24.1. The molecule has 0 bridgehead atoms. The number of fused-ring (bicyclic) bond motifs is 3. The fourth-order valence-electron chi connectivity index (χ4n) is 12.9. The van der Waals surface area contributed by atoms with E-state index in [2.05, 4.69) is 14.9 Å². The number of nitrogens with zero attached hydrogens (tertiary/aromatic N) is 6. The molecule has 3 aliphatic heterocycles. The molecule has 3 aromatic heterocycles. The van der Waals surface area contributed by atoms with Crippen LogP contribution in [-0.4, -0.2) is 160 Å². The first-order valence-corrected chi connectivity index (χ1v) is 32.4. The summed E-state index contributed by atoms with van der Waals surface area (Å²) in [6.45, 7) is 9.78. The van der Waals surface area contributed by atoms with Crippen LogP contribution < -0.4 is 18.9 Å². The van der Waals surface area contributed by atoms with Crippen molar-refractivity contribution in [3.8, 4) is 17.2 Å². The highest BCUT2D eigenvalue weighted by molar-refractivity contribution is 6.43. The topological polar surface area (TPSA) is 209 Å². The number of carbonyl (C=O) groups excluding carboxylic acids is 3. The maximum absolute atomic E-state index is 13.5. The number of hydrogen-bond donors (Lipinski definition) is 0. The zero-order chi connectivity index (χ0) is 65.9. The van der Waals surface area contributed by atoms with Gasteiger partial charge < -0.3 is 53.3 Å². The third-order valence-corrected chi connectivity index (χ3v) is 18.0. The van der Waals surface area contributed by atoms with Crippen molar-refractivity contribution >= 4 is 50.8 Å². The van der Waals surface area contributed by atoms with Gasteiger partial charge in [-0.15, -0.1) is 0 Å². The van der Waals surface area contributed by atoms with Crippen molar-refractivity contribution in [1.29, 1.82) is 0 Å². The number of hydroxylamine groups is 6. The highest BCUT2D eigenvalue weighted by Gasteiger charge is 2.36. The largest absolute Gasteiger partial charge is 0.633 e. The molecule has 6 aromatic carbocycles. The van der Waals surface area contributed by atoms with Crippen molar-refractivity contribution < 1.29 is 56.8 Å². The number of hydrogen-bond acceptors (Lipinski definition) is 15. The molecule has 6 heterocycles. The van der Waals surface area contributed by atoms with Crippen LogP contribution in [0.4, 0.5) is 0 Å². The van der Waals surface area contributed by atoms with Gasteiger partial charge in [-0.05, 0) is 106 Å². The normalized spacial score (nSPS) is 16.8. The van der Waals surface area contributed by atoms with Gasteiger partial charge in [0, 0.05) is 112 Å². The van der Waals surface area contributed by atoms with Crippen LogP contribution in [0.1, 0.15) is 88.6 Å². The molecule has 9 aromatic rings. The molecule has 18 nitrogen and oxygen atoms in total. The molecule has 0 spiro atoms. The van der Waals surface area contributed by atoms with Crippen molar-refractivity contribution in [1.82, 2.24) is 14.9 Å². The lowest BCUT2D eigenvalue weighted by molar-refractivity contribution is -0.888. The van der Waals surface area contributed by atoms with Gasteiger partial charge in [-0.25, -0.2) is 0 Å². The molecular weight excluding hydrogens is 1220 g/mol. The van der Waals surface area contributed by atoms with E-state index in [1.807, 2.05) is 158 Å². The molecule has 97 heavy (non-hydrogen) atoms. The Kier molecular flexibility index (Phi) is 21.2. The van der Waals surface area contributed by atoms with Crippen LogP contribution in [0.15, 0.2) is 219 Å². The average Bonchev–Trinajstić information content (AvgIpc) is 1.62. The first-order chi connectivity index (χ1) is 47.0. The van der Waals surface area contributed by atoms with E-state index in [4.69, 9.17) is 28.4 Å². The predicted molar refractivity (Wildman–Crippen MR) is 372 cm³/mol. The molecule has 0 unspecified atom stereocenters. The molecular formula is C79H76N6O12. The fourth-order valence-corrected chi connectivity index (χ4v) is 12.9. The van der Waals surface area contributed by atoms with Gasteiger partial charge in [-0.3, -0.25) is 29.3 Å². The van der Waals surface area contributed by atoms with Gasteiger partial charge in [0.25, 0.3) is 0 Å². The highest BCUT2D eigenvalue weighted by atomic mass is 16.6. The lowest BCUT2D eigenvalue weighted by Crippen LogP contribution is -2.52. The summed E-state index contributed by atoms with van der Waals surface area (Å²) in [5.74, 6) is 1.68. The number of benzene rings is 6. The summed E-state index contributed by atoms with van der Waals surface area (Å²) in [5, 5.41) is 37.3. The molecule has 0 saturated carbocycles. The zero-order valence-corrected chi connectivity index (χ0v) is 53.1. The number of rotatable bonds is 18. The Hall–Kier alpha value is -10.1. The van der Waals surface area contributed by atoms with Crippen LogP contribution in [0.25, 0.3) is 33.4 Å². The molecule has 18 heteroatoms. The summed E-state index contributed by atoms with van der Waals surface area (Å²) >= 11 is 0. The van der Waals surface area contributed by atoms with Crippen LogP contribution >= 0.6 is 0 Å². The smallest absolute Gasteiger partial charge is 0.195 e. The van der Waals surface area contributed by atoms with Crippen LogP contribution in [-0.2, 0) is 14.2 Å². The molecule has 3 aliphatic carbocycles. The van der Waals surface area contributed by atoms with E-state index in [9.17, 15) is 30.0 Å². The Labute approximate surface area is 564 Å². The molecule has 15 rings (SSSR count). The lowest BCUT2D eigenvalue weighted by Gasteiger charge is -2.44. The number of ether oxygens (including phenoxy) is 6. The second kappa shape index (κ2) is 30.7. The first-order valence-electron chi connectivity index (χ1n) is 32.4. The molecule has 0 N–H and O–H groups in total. The minimum absolute atomic E-state index is 0. The number of allylic oxidation sites excluding steroid dienone is 3. The van der Waals surface area contributed by atoms with E-state index in [1.54, 1.807) is 49.1 Å².